The second kappa shape index (κ2) is 7.38. The SMILES string of the molecule is Cc1cc(-c2c(-c3ccc(F)cc3)nc3ccc(N4CC5CN(C)CC5C4)nn23)ccn1. The lowest BCUT2D eigenvalue weighted by atomic mass is 10.0. The smallest absolute Gasteiger partial charge is 0.155 e. The van der Waals surface area contributed by atoms with Crippen molar-refractivity contribution in [1.29, 1.82) is 0 Å². The third kappa shape index (κ3) is 3.24. The van der Waals surface area contributed by atoms with Gasteiger partial charge in [-0.25, -0.2) is 13.9 Å². The van der Waals surface area contributed by atoms with Crippen molar-refractivity contribution in [2.24, 2.45) is 11.8 Å². The molecule has 0 saturated carbocycles. The monoisotopic (exact) mass is 428 g/mol. The summed E-state index contributed by atoms with van der Waals surface area (Å²) >= 11 is 0. The van der Waals surface area contributed by atoms with Gasteiger partial charge in [0.05, 0.1) is 5.69 Å². The zero-order valence-electron chi connectivity index (χ0n) is 18.2. The maximum Gasteiger partial charge on any atom is 0.155 e. The number of fused-ring (bicyclic) bond motifs is 2. The third-order valence-corrected chi connectivity index (χ3v) is 6.74. The molecule has 162 valence electrons. The Labute approximate surface area is 186 Å². The number of imidazole rings is 1. The van der Waals surface area contributed by atoms with E-state index in [0.717, 1.165) is 65.9 Å². The number of halogens is 1. The van der Waals surface area contributed by atoms with Gasteiger partial charge in [-0.3, -0.25) is 4.98 Å². The summed E-state index contributed by atoms with van der Waals surface area (Å²) in [5, 5.41) is 5.05. The number of hydrogen-bond acceptors (Lipinski definition) is 5. The first-order valence-corrected chi connectivity index (χ1v) is 11.1. The van der Waals surface area contributed by atoms with Crippen LogP contribution in [-0.4, -0.2) is 57.7 Å². The molecule has 0 amide bonds. The normalized spacial score (nSPS) is 20.9. The number of benzene rings is 1. The van der Waals surface area contributed by atoms with Gasteiger partial charge in [0.15, 0.2) is 5.65 Å². The van der Waals surface area contributed by atoms with Crippen molar-refractivity contribution in [3.8, 4) is 22.5 Å². The second-order valence-corrected chi connectivity index (χ2v) is 9.11. The van der Waals surface area contributed by atoms with E-state index < -0.39 is 0 Å². The van der Waals surface area contributed by atoms with Crippen LogP contribution in [0, 0.1) is 24.6 Å². The average Bonchev–Trinajstić information content (AvgIpc) is 3.44. The maximum atomic E-state index is 13.6. The Bertz CT molecular complexity index is 1280. The van der Waals surface area contributed by atoms with Gasteiger partial charge >= 0.3 is 0 Å². The number of aromatic nitrogens is 4. The van der Waals surface area contributed by atoms with Crippen LogP contribution in [0.1, 0.15) is 5.69 Å². The van der Waals surface area contributed by atoms with Crippen molar-refractivity contribution in [2.45, 2.75) is 6.92 Å². The number of hydrogen-bond donors (Lipinski definition) is 0. The molecule has 0 aliphatic carbocycles. The Morgan fingerprint density at radius 1 is 0.906 bits per heavy atom. The summed E-state index contributed by atoms with van der Waals surface area (Å²) in [5.41, 5.74) is 5.25. The van der Waals surface area contributed by atoms with E-state index >= 15 is 0 Å². The molecule has 2 saturated heterocycles. The lowest BCUT2D eigenvalue weighted by Gasteiger charge is -2.20. The fraction of sp³-hybridized carbons (Fsp3) is 0.320. The van der Waals surface area contributed by atoms with Crippen molar-refractivity contribution < 1.29 is 4.39 Å². The molecule has 1 aromatic carbocycles. The highest BCUT2D eigenvalue weighted by atomic mass is 19.1. The van der Waals surface area contributed by atoms with E-state index in [2.05, 4.69) is 27.9 Å². The predicted molar refractivity (Wildman–Crippen MR) is 123 cm³/mol. The lowest BCUT2D eigenvalue weighted by Crippen LogP contribution is -2.27. The summed E-state index contributed by atoms with van der Waals surface area (Å²) in [7, 11) is 2.21. The predicted octanol–water partition coefficient (Wildman–Crippen LogP) is 3.90. The van der Waals surface area contributed by atoms with E-state index in [1.807, 2.05) is 29.6 Å². The van der Waals surface area contributed by atoms with Crippen molar-refractivity contribution >= 4 is 11.5 Å². The highest BCUT2D eigenvalue weighted by molar-refractivity contribution is 5.81. The molecule has 0 radical (unpaired) electrons. The van der Waals surface area contributed by atoms with Crippen LogP contribution in [-0.2, 0) is 0 Å². The quantitative estimate of drug-likeness (QED) is 0.495. The molecule has 0 bridgehead atoms. The molecule has 3 aromatic heterocycles. The number of likely N-dealkylation sites (tertiary alicyclic amines) is 1. The van der Waals surface area contributed by atoms with Crippen LogP contribution in [0.4, 0.5) is 10.2 Å². The summed E-state index contributed by atoms with van der Waals surface area (Å²) in [6, 6.07) is 14.6. The van der Waals surface area contributed by atoms with Gasteiger partial charge in [0.2, 0.25) is 0 Å². The molecule has 0 spiro atoms. The average molecular weight is 429 g/mol. The largest absolute Gasteiger partial charge is 0.355 e. The minimum Gasteiger partial charge on any atom is -0.355 e. The van der Waals surface area contributed by atoms with E-state index in [1.54, 1.807) is 18.3 Å². The van der Waals surface area contributed by atoms with Gasteiger partial charge in [0.25, 0.3) is 0 Å². The fourth-order valence-corrected chi connectivity index (χ4v) is 5.27. The molecule has 4 aromatic rings. The number of rotatable bonds is 3. The Morgan fingerprint density at radius 2 is 1.66 bits per heavy atom. The first kappa shape index (κ1) is 19.4. The number of nitrogens with zero attached hydrogens (tertiary/aromatic N) is 6. The van der Waals surface area contributed by atoms with E-state index in [0.29, 0.717) is 11.8 Å². The molecule has 2 fully saturated rings. The summed E-state index contributed by atoms with van der Waals surface area (Å²) in [6.07, 6.45) is 1.81. The second-order valence-electron chi connectivity index (χ2n) is 9.11. The van der Waals surface area contributed by atoms with Gasteiger partial charge in [-0.1, -0.05) is 0 Å². The Kier molecular flexibility index (Phi) is 4.47. The molecule has 2 aliphatic heterocycles. The van der Waals surface area contributed by atoms with E-state index in [9.17, 15) is 4.39 Å². The molecule has 2 atom stereocenters. The summed E-state index contributed by atoms with van der Waals surface area (Å²) < 4.78 is 15.5. The van der Waals surface area contributed by atoms with E-state index in [1.165, 1.54) is 12.1 Å². The molecule has 2 unspecified atom stereocenters. The fourth-order valence-electron chi connectivity index (χ4n) is 5.27. The number of aryl methyl sites for hydroxylation is 1. The summed E-state index contributed by atoms with van der Waals surface area (Å²) in [5.74, 6) is 2.13. The molecule has 7 heteroatoms. The van der Waals surface area contributed by atoms with Gasteiger partial charge in [0.1, 0.15) is 17.3 Å². The summed E-state index contributed by atoms with van der Waals surface area (Å²) in [4.78, 5) is 14.1. The van der Waals surface area contributed by atoms with Crippen LogP contribution in [0.5, 0.6) is 0 Å². The molecule has 6 nitrogen and oxygen atoms in total. The zero-order chi connectivity index (χ0) is 21.8. The standard InChI is InChI=1S/C25H25FN6/c1-16-11-18(9-10-27-16)25-24(17-3-5-21(26)6-4-17)28-22-7-8-23(29-32(22)25)31-14-19-12-30(2)13-20(19)15-31/h3-11,19-20H,12-15H2,1-2H3. The van der Waals surface area contributed by atoms with Crippen LogP contribution < -0.4 is 4.90 Å². The zero-order valence-corrected chi connectivity index (χ0v) is 18.2. The van der Waals surface area contributed by atoms with Crippen LogP contribution in [0.2, 0.25) is 0 Å². The molecule has 32 heavy (non-hydrogen) atoms. The Morgan fingerprint density at radius 3 is 2.38 bits per heavy atom. The first-order valence-electron chi connectivity index (χ1n) is 11.1. The van der Waals surface area contributed by atoms with Gasteiger partial charge < -0.3 is 9.80 Å². The molecule has 0 N–H and O–H groups in total. The van der Waals surface area contributed by atoms with Gasteiger partial charge in [-0.05, 0) is 74.3 Å². The van der Waals surface area contributed by atoms with E-state index in [-0.39, 0.29) is 5.82 Å². The van der Waals surface area contributed by atoms with Crippen LogP contribution in [0.3, 0.4) is 0 Å². The Balaban J connectivity index is 1.48. The molecule has 2 aliphatic rings. The topological polar surface area (TPSA) is 49.6 Å². The molecule has 5 heterocycles. The van der Waals surface area contributed by atoms with Crippen LogP contribution in [0.25, 0.3) is 28.2 Å². The third-order valence-electron chi connectivity index (χ3n) is 6.74. The number of anilines is 1. The number of pyridine rings is 1. The van der Waals surface area contributed by atoms with Crippen molar-refractivity contribution in [3.05, 3.63) is 66.2 Å². The highest BCUT2D eigenvalue weighted by Gasteiger charge is 2.39. The highest BCUT2D eigenvalue weighted by Crippen LogP contribution is 2.35. The molecular weight excluding hydrogens is 403 g/mol. The van der Waals surface area contributed by atoms with Crippen molar-refractivity contribution in [3.63, 3.8) is 0 Å². The molecular formula is C25H25FN6. The minimum atomic E-state index is -0.260. The van der Waals surface area contributed by atoms with Crippen molar-refractivity contribution in [1.82, 2.24) is 24.5 Å². The van der Waals surface area contributed by atoms with Crippen LogP contribution in [0.15, 0.2) is 54.7 Å². The maximum absolute atomic E-state index is 13.6. The van der Waals surface area contributed by atoms with Crippen molar-refractivity contribution in [2.75, 3.05) is 38.1 Å². The minimum absolute atomic E-state index is 0.260. The Hall–Kier alpha value is -3.32. The summed E-state index contributed by atoms with van der Waals surface area (Å²) in [6.45, 7) is 6.37. The van der Waals surface area contributed by atoms with Crippen LogP contribution >= 0.6 is 0 Å². The van der Waals surface area contributed by atoms with Gasteiger partial charge in [0, 0.05) is 49.2 Å². The molecule has 6 rings (SSSR count). The van der Waals surface area contributed by atoms with Gasteiger partial charge in [-0.15, -0.1) is 5.10 Å². The first-order chi connectivity index (χ1) is 15.5. The van der Waals surface area contributed by atoms with E-state index in [4.69, 9.17) is 10.1 Å². The van der Waals surface area contributed by atoms with Gasteiger partial charge in [-0.2, -0.15) is 0 Å². The lowest BCUT2D eigenvalue weighted by molar-refractivity contribution is 0.386.